The number of benzene rings is 1. The summed E-state index contributed by atoms with van der Waals surface area (Å²) in [6, 6.07) is 4.73. The fraction of sp³-hybridized carbons (Fsp3) is 0.346. The zero-order chi connectivity index (χ0) is 24.1. The molecule has 2 aromatic rings. The number of rotatable bonds is 8. The lowest BCUT2D eigenvalue weighted by molar-refractivity contribution is -0.131. The average Bonchev–Trinajstić information content (AvgIpc) is 3.22. The van der Waals surface area contributed by atoms with Gasteiger partial charge in [-0.2, -0.15) is 0 Å². The molecular formula is C26H28BrF2N3O2. The molecule has 0 unspecified atom stereocenters. The predicted octanol–water partition coefficient (Wildman–Crippen LogP) is 5.20. The van der Waals surface area contributed by atoms with Crippen LogP contribution in [0.25, 0.3) is 12.2 Å². The van der Waals surface area contributed by atoms with E-state index in [2.05, 4.69) is 38.1 Å². The zero-order valence-electron chi connectivity index (χ0n) is 18.9. The fourth-order valence-electron chi connectivity index (χ4n) is 4.36. The summed E-state index contributed by atoms with van der Waals surface area (Å²) in [7, 11) is 0. The van der Waals surface area contributed by atoms with Crippen LogP contribution < -0.4 is 10.6 Å². The number of hydrogen-bond acceptors (Lipinski definition) is 3. The Morgan fingerprint density at radius 2 is 2.06 bits per heavy atom. The van der Waals surface area contributed by atoms with Gasteiger partial charge in [0.05, 0.1) is 4.47 Å². The summed E-state index contributed by atoms with van der Waals surface area (Å²) < 4.78 is 33.1. The molecule has 0 atom stereocenters. The van der Waals surface area contributed by atoms with Gasteiger partial charge in [0.1, 0.15) is 17.2 Å². The monoisotopic (exact) mass is 531 g/mol. The Hall–Kier alpha value is -2.71. The molecule has 2 aliphatic rings. The third-order valence-electron chi connectivity index (χ3n) is 6.29. The second kappa shape index (κ2) is 10.7. The molecule has 1 fully saturated rings. The lowest BCUT2D eigenvalue weighted by Crippen LogP contribution is -2.59. The molecule has 5 nitrogen and oxygen atoms in total. The first kappa shape index (κ1) is 24.4. The normalized spacial score (nSPS) is 17.2. The molecular weight excluding hydrogens is 504 g/mol. The largest absolute Gasteiger partial charge is 0.381 e. The van der Waals surface area contributed by atoms with Crippen LogP contribution in [0.2, 0.25) is 0 Å². The molecule has 0 spiro atoms. The molecule has 1 amide bonds. The summed E-state index contributed by atoms with van der Waals surface area (Å²) in [5.74, 6) is -0.545. The summed E-state index contributed by atoms with van der Waals surface area (Å²) in [6.07, 6.45) is 9.80. The van der Waals surface area contributed by atoms with E-state index in [1.807, 2.05) is 12.3 Å². The van der Waals surface area contributed by atoms with E-state index in [1.54, 1.807) is 24.3 Å². The molecule has 1 saturated heterocycles. The van der Waals surface area contributed by atoms with Gasteiger partial charge in [-0.1, -0.05) is 18.7 Å². The molecule has 2 heterocycles. The standard InChI is InChI=1S/C26H28BrF2N3O2/c1-17(2-3-18-4-6-23(29)22(27)14-18)32-26(9-12-34-13-10-26)25(33)30-11-8-19-16-31-24-7-5-20(28)15-21(19)24/h2-4,6,14-16,31-32H,1,5,7-13H2,(H,30,33)/b3-2+. The number of aryl methyl sites for hydroxylation is 1. The number of hydrogen-bond donors (Lipinski definition) is 3. The van der Waals surface area contributed by atoms with Crippen molar-refractivity contribution >= 4 is 34.0 Å². The average molecular weight is 532 g/mol. The quantitative estimate of drug-likeness (QED) is 0.410. The Labute approximate surface area is 206 Å². The molecule has 180 valence electrons. The van der Waals surface area contributed by atoms with Crippen LogP contribution in [0.15, 0.2) is 53.0 Å². The molecule has 0 bridgehead atoms. The van der Waals surface area contributed by atoms with Gasteiger partial charge in [-0.15, -0.1) is 0 Å². The minimum Gasteiger partial charge on any atom is -0.381 e. The van der Waals surface area contributed by atoms with Crippen molar-refractivity contribution < 1.29 is 18.3 Å². The van der Waals surface area contributed by atoms with Crippen molar-refractivity contribution in [1.82, 2.24) is 15.6 Å². The molecule has 0 radical (unpaired) electrons. The number of halogens is 3. The number of ether oxygens (including phenoxy) is 1. The van der Waals surface area contributed by atoms with Gasteiger partial charge in [0, 0.05) is 62.2 Å². The summed E-state index contributed by atoms with van der Waals surface area (Å²) in [4.78, 5) is 16.5. The number of H-pyrrole nitrogens is 1. The van der Waals surface area contributed by atoms with Crippen LogP contribution in [-0.2, 0) is 22.4 Å². The Balaban J connectivity index is 1.38. The van der Waals surface area contributed by atoms with Crippen molar-refractivity contribution in [3.63, 3.8) is 0 Å². The third kappa shape index (κ3) is 5.67. The van der Waals surface area contributed by atoms with E-state index in [-0.39, 0.29) is 17.6 Å². The van der Waals surface area contributed by atoms with Crippen molar-refractivity contribution in [2.24, 2.45) is 0 Å². The fourth-order valence-corrected chi connectivity index (χ4v) is 4.76. The summed E-state index contributed by atoms with van der Waals surface area (Å²) in [5, 5.41) is 6.35. The lowest BCUT2D eigenvalue weighted by Gasteiger charge is -2.37. The minimum absolute atomic E-state index is 0.109. The smallest absolute Gasteiger partial charge is 0.245 e. The number of carbonyl (C=O) groups excluding carboxylic acids is 1. The molecule has 1 aromatic heterocycles. The van der Waals surface area contributed by atoms with Crippen LogP contribution in [-0.4, -0.2) is 36.2 Å². The topological polar surface area (TPSA) is 66.2 Å². The van der Waals surface area contributed by atoms with Crippen LogP contribution in [0.4, 0.5) is 8.78 Å². The maximum atomic E-state index is 13.7. The predicted molar refractivity (Wildman–Crippen MR) is 133 cm³/mol. The van der Waals surface area contributed by atoms with Gasteiger partial charge < -0.3 is 20.4 Å². The maximum absolute atomic E-state index is 13.7. The highest BCUT2D eigenvalue weighted by Crippen LogP contribution is 2.27. The van der Waals surface area contributed by atoms with Crippen LogP contribution in [0.5, 0.6) is 0 Å². The first-order valence-corrected chi connectivity index (χ1v) is 12.2. The third-order valence-corrected chi connectivity index (χ3v) is 6.90. The first-order valence-electron chi connectivity index (χ1n) is 11.4. The Bertz CT molecular complexity index is 1130. The van der Waals surface area contributed by atoms with Crippen LogP contribution in [0.1, 0.15) is 41.6 Å². The molecule has 0 saturated carbocycles. The van der Waals surface area contributed by atoms with Crippen molar-refractivity contribution in [2.45, 2.75) is 37.6 Å². The van der Waals surface area contributed by atoms with Gasteiger partial charge in [-0.3, -0.25) is 4.79 Å². The summed E-state index contributed by atoms with van der Waals surface area (Å²) >= 11 is 3.18. The number of carbonyl (C=O) groups is 1. The van der Waals surface area contributed by atoms with E-state index >= 15 is 0 Å². The molecule has 1 aromatic carbocycles. The van der Waals surface area contributed by atoms with Gasteiger partial charge in [-0.05, 0) is 64.2 Å². The molecule has 3 N–H and O–H groups in total. The van der Waals surface area contributed by atoms with Gasteiger partial charge >= 0.3 is 0 Å². The second-order valence-corrected chi connectivity index (χ2v) is 9.51. The number of aromatic amines is 1. The van der Waals surface area contributed by atoms with E-state index in [0.717, 1.165) is 22.4 Å². The second-order valence-electron chi connectivity index (χ2n) is 8.65. The van der Waals surface area contributed by atoms with Crippen LogP contribution in [0.3, 0.4) is 0 Å². The number of amides is 1. The number of allylic oxidation sites excluding steroid dienone is 2. The van der Waals surface area contributed by atoms with E-state index in [9.17, 15) is 13.6 Å². The van der Waals surface area contributed by atoms with E-state index < -0.39 is 5.54 Å². The van der Waals surface area contributed by atoms with Crippen molar-refractivity contribution in [1.29, 1.82) is 0 Å². The van der Waals surface area contributed by atoms with Crippen molar-refractivity contribution in [2.75, 3.05) is 19.8 Å². The lowest BCUT2D eigenvalue weighted by atomic mass is 9.88. The van der Waals surface area contributed by atoms with Gasteiger partial charge in [0.15, 0.2) is 0 Å². The van der Waals surface area contributed by atoms with Crippen LogP contribution >= 0.6 is 15.9 Å². The Morgan fingerprint density at radius 1 is 1.26 bits per heavy atom. The summed E-state index contributed by atoms with van der Waals surface area (Å²) in [5.41, 5.74) is 3.51. The Kier molecular flexibility index (Phi) is 7.68. The molecule has 4 rings (SSSR count). The van der Waals surface area contributed by atoms with Gasteiger partial charge in [0.25, 0.3) is 0 Å². The first-order chi connectivity index (χ1) is 16.4. The van der Waals surface area contributed by atoms with E-state index in [4.69, 9.17) is 4.74 Å². The number of aromatic nitrogens is 1. The molecule has 8 heteroatoms. The highest BCUT2D eigenvalue weighted by atomic mass is 79.9. The number of nitrogens with one attached hydrogen (secondary N) is 3. The molecule has 1 aliphatic heterocycles. The number of fused-ring (bicyclic) bond motifs is 1. The maximum Gasteiger partial charge on any atom is 0.245 e. The van der Waals surface area contributed by atoms with E-state index in [0.29, 0.717) is 62.0 Å². The highest BCUT2D eigenvalue weighted by molar-refractivity contribution is 9.10. The van der Waals surface area contributed by atoms with Gasteiger partial charge in [-0.25, -0.2) is 8.78 Å². The van der Waals surface area contributed by atoms with Crippen molar-refractivity contribution in [3.05, 3.63) is 81.2 Å². The molecule has 34 heavy (non-hydrogen) atoms. The van der Waals surface area contributed by atoms with Gasteiger partial charge in [0.2, 0.25) is 5.91 Å². The highest BCUT2D eigenvalue weighted by Gasteiger charge is 2.39. The zero-order valence-corrected chi connectivity index (χ0v) is 20.4. The molecule has 1 aliphatic carbocycles. The minimum atomic E-state index is -0.827. The Morgan fingerprint density at radius 3 is 2.82 bits per heavy atom. The van der Waals surface area contributed by atoms with E-state index in [1.165, 1.54) is 6.07 Å². The van der Waals surface area contributed by atoms with Crippen molar-refractivity contribution in [3.8, 4) is 0 Å². The van der Waals surface area contributed by atoms with Crippen LogP contribution in [0, 0.1) is 5.82 Å². The summed E-state index contributed by atoms with van der Waals surface area (Å²) in [6.45, 7) is 5.44. The SMILES string of the molecule is C=C(/C=C/c1ccc(F)c(Br)c1)NC1(C(=O)NCCc2c[nH]c3c2C=C(F)CC3)CCOCC1.